The van der Waals surface area contributed by atoms with Gasteiger partial charge >= 0.3 is 0 Å². The number of hydrogen-bond donors (Lipinski definition) is 1. The van der Waals surface area contributed by atoms with Crippen molar-refractivity contribution in [1.29, 1.82) is 0 Å². The van der Waals surface area contributed by atoms with E-state index in [1.165, 1.54) is 0 Å². The third-order valence-electron chi connectivity index (χ3n) is 3.76. The summed E-state index contributed by atoms with van der Waals surface area (Å²) in [7, 11) is -3.48. The Kier molecular flexibility index (Phi) is 5.08. The monoisotopic (exact) mass is 337 g/mol. The van der Waals surface area contributed by atoms with Crippen LogP contribution in [0.3, 0.4) is 0 Å². The summed E-state index contributed by atoms with van der Waals surface area (Å²) in [6.45, 7) is 0. The van der Waals surface area contributed by atoms with Crippen LogP contribution in [0.25, 0.3) is 0 Å². The first-order valence-electron chi connectivity index (χ1n) is 7.78. The Morgan fingerprint density at radius 3 is 1.54 bits per heavy atom. The first kappa shape index (κ1) is 16.4. The van der Waals surface area contributed by atoms with Crippen LogP contribution in [0.15, 0.2) is 91.0 Å². The average molecular weight is 337 g/mol. The van der Waals surface area contributed by atoms with E-state index < -0.39 is 16.1 Å². The highest BCUT2D eigenvalue weighted by Crippen LogP contribution is 2.23. The minimum atomic E-state index is -3.48. The zero-order valence-corrected chi connectivity index (χ0v) is 14.0. The lowest BCUT2D eigenvalue weighted by atomic mass is 10.00. The van der Waals surface area contributed by atoms with Gasteiger partial charge in [-0.3, -0.25) is 0 Å². The number of nitrogens with one attached hydrogen (secondary N) is 1. The van der Waals surface area contributed by atoms with E-state index in [4.69, 9.17) is 0 Å². The van der Waals surface area contributed by atoms with Crippen molar-refractivity contribution in [3.63, 3.8) is 0 Å². The van der Waals surface area contributed by atoms with E-state index >= 15 is 0 Å². The fourth-order valence-electron chi connectivity index (χ4n) is 2.63. The first-order chi connectivity index (χ1) is 11.6. The van der Waals surface area contributed by atoms with Gasteiger partial charge in [0.2, 0.25) is 10.0 Å². The van der Waals surface area contributed by atoms with Gasteiger partial charge in [0, 0.05) is 0 Å². The Balaban J connectivity index is 1.89. The molecule has 0 aliphatic rings. The summed E-state index contributed by atoms with van der Waals surface area (Å²) < 4.78 is 28.1. The molecular formula is C20H19NO2S. The van der Waals surface area contributed by atoms with Crippen molar-refractivity contribution in [2.45, 2.75) is 11.8 Å². The summed E-state index contributed by atoms with van der Waals surface area (Å²) in [6.07, 6.45) is 0. The molecule has 122 valence electrons. The van der Waals surface area contributed by atoms with Crippen LogP contribution in [0, 0.1) is 0 Å². The van der Waals surface area contributed by atoms with Gasteiger partial charge < -0.3 is 0 Å². The second-order valence-corrected chi connectivity index (χ2v) is 7.37. The molecule has 3 rings (SSSR count). The third kappa shape index (κ3) is 4.31. The third-order valence-corrected chi connectivity index (χ3v) is 5.07. The van der Waals surface area contributed by atoms with E-state index in [0.29, 0.717) is 0 Å². The van der Waals surface area contributed by atoms with Crippen LogP contribution in [0.4, 0.5) is 0 Å². The van der Waals surface area contributed by atoms with E-state index in [1.807, 2.05) is 91.0 Å². The minimum absolute atomic E-state index is 0.0377. The fraction of sp³-hybridized carbons (Fsp3) is 0.100. The molecule has 3 aromatic carbocycles. The Morgan fingerprint density at radius 1 is 0.667 bits per heavy atom. The zero-order chi connectivity index (χ0) is 16.8. The van der Waals surface area contributed by atoms with Gasteiger partial charge in [0.05, 0.1) is 11.8 Å². The van der Waals surface area contributed by atoms with Gasteiger partial charge in [0.1, 0.15) is 0 Å². The molecule has 24 heavy (non-hydrogen) atoms. The van der Waals surface area contributed by atoms with Crippen molar-refractivity contribution in [2.24, 2.45) is 0 Å². The molecule has 4 heteroatoms. The van der Waals surface area contributed by atoms with Crippen molar-refractivity contribution < 1.29 is 8.42 Å². The Hall–Kier alpha value is -2.43. The Bertz CT molecular complexity index is 824. The number of rotatable bonds is 6. The molecule has 0 unspecified atom stereocenters. The van der Waals surface area contributed by atoms with Crippen LogP contribution in [0.5, 0.6) is 0 Å². The quantitative estimate of drug-likeness (QED) is 0.741. The normalized spacial score (nSPS) is 11.5. The second kappa shape index (κ2) is 7.43. The van der Waals surface area contributed by atoms with Gasteiger partial charge in [-0.1, -0.05) is 91.0 Å². The number of hydrogen-bond acceptors (Lipinski definition) is 2. The maximum atomic E-state index is 12.6. The molecular weight excluding hydrogens is 318 g/mol. The highest BCUT2D eigenvalue weighted by Gasteiger charge is 2.21. The van der Waals surface area contributed by atoms with Crippen molar-refractivity contribution >= 4 is 10.0 Å². The molecule has 3 nitrogen and oxygen atoms in total. The molecule has 0 radical (unpaired) electrons. The van der Waals surface area contributed by atoms with Crippen LogP contribution in [0.2, 0.25) is 0 Å². The zero-order valence-electron chi connectivity index (χ0n) is 13.2. The van der Waals surface area contributed by atoms with Crippen molar-refractivity contribution in [2.75, 3.05) is 0 Å². The molecule has 0 amide bonds. The van der Waals surface area contributed by atoms with Crippen LogP contribution < -0.4 is 4.72 Å². The summed E-state index contributed by atoms with van der Waals surface area (Å²) in [5.41, 5.74) is 2.60. The predicted molar refractivity (Wildman–Crippen MR) is 96.9 cm³/mol. The highest BCUT2D eigenvalue weighted by molar-refractivity contribution is 7.88. The van der Waals surface area contributed by atoms with Gasteiger partial charge in [-0.05, 0) is 16.7 Å². The average Bonchev–Trinajstić information content (AvgIpc) is 2.62. The minimum Gasteiger partial charge on any atom is -0.212 e. The molecule has 0 aliphatic heterocycles. The summed E-state index contributed by atoms with van der Waals surface area (Å²) in [4.78, 5) is 0. The molecule has 0 bridgehead atoms. The molecule has 0 aliphatic carbocycles. The summed E-state index contributed by atoms with van der Waals surface area (Å²) in [5, 5.41) is 0. The van der Waals surface area contributed by atoms with E-state index in [9.17, 15) is 8.42 Å². The van der Waals surface area contributed by atoms with Gasteiger partial charge in [0.15, 0.2) is 0 Å². The standard InChI is InChI=1S/C20H19NO2S/c22-24(23,16-17-10-4-1-5-11-17)21-20(18-12-6-2-7-13-18)19-14-8-3-9-15-19/h1-15,20-21H,16H2. The maximum Gasteiger partial charge on any atom is 0.216 e. The van der Waals surface area contributed by atoms with Crippen molar-refractivity contribution in [3.05, 3.63) is 108 Å². The Morgan fingerprint density at radius 2 is 1.08 bits per heavy atom. The van der Waals surface area contributed by atoms with Crippen LogP contribution in [-0.2, 0) is 15.8 Å². The SMILES string of the molecule is O=S(=O)(Cc1ccccc1)NC(c1ccccc1)c1ccccc1. The molecule has 0 saturated carbocycles. The van der Waals surface area contributed by atoms with E-state index in [0.717, 1.165) is 16.7 Å². The Labute approximate surface area is 143 Å². The molecule has 0 heterocycles. The molecule has 1 N–H and O–H groups in total. The van der Waals surface area contributed by atoms with Gasteiger partial charge in [-0.25, -0.2) is 13.1 Å². The van der Waals surface area contributed by atoms with Crippen molar-refractivity contribution in [3.8, 4) is 0 Å². The highest BCUT2D eigenvalue weighted by atomic mass is 32.2. The first-order valence-corrected chi connectivity index (χ1v) is 9.43. The maximum absolute atomic E-state index is 12.6. The lowest BCUT2D eigenvalue weighted by Crippen LogP contribution is -2.30. The molecule has 0 fully saturated rings. The van der Waals surface area contributed by atoms with Crippen LogP contribution >= 0.6 is 0 Å². The fourth-order valence-corrected chi connectivity index (χ4v) is 3.98. The molecule has 0 spiro atoms. The second-order valence-electron chi connectivity index (χ2n) is 5.62. The van der Waals surface area contributed by atoms with Crippen LogP contribution in [0.1, 0.15) is 22.7 Å². The van der Waals surface area contributed by atoms with Gasteiger partial charge in [0.25, 0.3) is 0 Å². The summed E-state index contributed by atoms with van der Waals surface area (Å²) in [6, 6.07) is 28.0. The lowest BCUT2D eigenvalue weighted by Gasteiger charge is -2.20. The lowest BCUT2D eigenvalue weighted by molar-refractivity contribution is 0.571. The van der Waals surface area contributed by atoms with Crippen LogP contribution in [-0.4, -0.2) is 8.42 Å². The predicted octanol–water partition coefficient (Wildman–Crippen LogP) is 3.90. The smallest absolute Gasteiger partial charge is 0.212 e. The van der Waals surface area contributed by atoms with E-state index in [2.05, 4.69) is 4.72 Å². The van der Waals surface area contributed by atoms with Gasteiger partial charge in [-0.15, -0.1) is 0 Å². The van der Waals surface area contributed by atoms with Gasteiger partial charge in [-0.2, -0.15) is 0 Å². The van der Waals surface area contributed by atoms with E-state index in [1.54, 1.807) is 0 Å². The van der Waals surface area contributed by atoms with E-state index in [-0.39, 0.29) is 5.75 Å². The largest absolute Gasteiger partial charge is 0.216 e. The number of benzene rings is 3. The molecule has 3 aromatic rings. The molecule has 0 atom stereocenters. The molecule has 0 saturated heterocycles. The molecule has 0 aromatic heterocycles. The number of sulfonamides is 1. The summed E-state index contributed by atoms with van der Waals surface area (Å²) in [5.74, 6) is -0.0377. The topological polar surface area (TPSA) is 46.2 Å². The summed E-state index contributed by atoms with van der Waals surface area (Å²) >= 11 is 0. The van der Waals surface area contributed by atoms with Crippen molar-refractivity contribution in [1.82, 2.24) is 4.72 Å².